The van der Waals surface area contributed by atoms with Gasteiger partial charge in [-0.15, -0.1) is 12.4 Å². The Balaban J connectivity index is 0.00000240. The van der Waals surface area contributed by atoms with E-state index in [1.165, 1.54) is 22.3 Å². The molecule has 2 atom stereocenters. The second kappa shape index (κ2) is 10.1. The zero-order valence-electron chi connectivity index (χ0n) is 17.0. The van der Waals surface area contributed by atoms with Crippen molar-refractivity contribution in [1.29, 1.82) is 0 Å². The first-order chi connectivity index (χ1) is 13.8. The third-order valence-corrected chi connectivity index (χ3v) is 5.87. The average molecular weight is 408 g/mol. The van der Waals surface area contributed by atoms with Crippen LogP contribution in [0.1, 0.15) is 35.6 Å². The van der Waals surface area contributed by atoms with E-state index < -0.39 is 0 Å². The van der Waals surface area contributed by atoms with Crippen LogP contribution in [0.25, 0.3) is 0 Å². The number of fused-ring (bicyclic) bond motifs is 1. The van der Waals surface area contributed by atoms with Crippen LogP contribution < -0.4 is 5.32 Å². The lowest BCUT2D eigenvalue weighted by molar-refractivity contribution is 0.0587. The van der Waals surface area contributed by atoms with Crippen LogP contribution in [0.2, 0.25) is 0 Å². The molecule has 152 valence electrons. The van der Waals surface area contributed by atoms with Crippen LogP contribution in [0.4, 0.5) is 0 Å². The molecule has 2 unspecified atom stereocenters. The maximum Gasteiger partial charge on any atom is 0.0720 e. The predicted octanol–water partition coefficient (Wildman–Crippen LogP) is 5.54. The minimum absolute atomic E-state index is 0. The van der Waals surface area contributed by atoms with Gasteiger partial charge in [0.1, 0.15) is 0 Å². The van der Waals surface area contributed by atoms with Gasteiger partial charge in [-0.3, -0.25) is 0 Å². The fourth-order valence-corrected chi connectivity index (χ4v) is 4.51. The fourth-order valence-electron chi connectivity index (χ4n) is 4.51. The molecule has 29 heavy (non-hydrogen) atoms. The Morgan fingerprint density at radius 1 is 0.897 bits per heavy atom. The molecule has 0 fully saturated rings. The third kappa shape index (κ3) is 4.90. The highest BCUT2D eigenvalue weighted by Crippen LogP contribution is 2.41. The largest absolute Gasteiger partial charge is 0.375 e. The standard InChI is InChI=1S/C26H29NO.ClH/c1-21(27-17-16-22-10-4-2-5-11-22)18-26(24-13-6-3-7-14-24)20-28-19-23-12-8-9-15-25(23)26;/h2-15,21,27H,16-20H2,1H3;1H. The quantitative estimate of drug-likeness (QED) is 0.555. The molecule has 3 aromatic rings. The van der Waals surface area contributed by atoms with Gasteiger partial charge in [0.05, 0.1) is 13.2 Å². The zero-order valence-corrected chi connectivity index (χ0v) is 17.8. The second-order valence-corrected chi connectivity index (χ2v) is 7.89. The van der Waals surface area contributed by atoms with E-state index in [1.807, 2.05) is 0 Å². The first-order valence-corrected chi connectivity index (χ1v) is 10.3. The molecule has 2 nitrogen and oxygen atoms in total. The van der Waals surface area contributed by atoms with E-state index in [2.05, 4.69) is 97.2 Å². The predicted molar refractivity (Wildman–Crippen MR) is 123 cm³/mol. The summed E-state index contributed by atoms with van der Waals surface area (Å²) in [4.78, 5) is 0. The Morgan fingerprint density at radius 2 is 1.55 bits per heavy atom. The summed E-state index contributed by atoms with van der Waals surface area (Å²) in [7, 11) is 0. The first-order valence-electron chi connectivity index (χ1n) is 10.3. The molecule has 1 heterocycles. The molecule has 0 aromatic heterocycles. The lowest BCUT2D eigenvalue weighted by Gasteiger charge is -2.41. The molecular formula is C26H30ClNO. The monoisotopic (exact) mass is 407 g/mol. The van der Waals surface area contributed by atoms with Crippen molar-refractivity contribution in [3.05, 3.63) is 107 Å². The van der Waals surface area contributed by atoms with Gasteiger partial charge < -0.3 is 10.1 Å². The van der Waals surface area contributed by atoms with Crippen molar-refractivity contribution >= 4 is 12.4 Å². The Hall–Kier alpha value is -2.13. The summed E-state index contributed by atoms with van der Waals surface area (Å²) < 4.78 is 6.11. The molecule has 4 rings (SSSR count). The van der Waals surface area contributed by atoms with Crippen LogP contribution in [0, 0.1) is 0 Å². The van der Waals surface area contributed by atoms with Gasteiger partial charge in [0.25, 0.3) is 0 Å². The van der Waals surface area contributed by atoms with E-state index in [1.54, 1.807) is 0 Å². The number of nitrogens with one attached hydrogen (secondary N) is 1. The van der Waals surface area contributed by atoms with Crippen LogP contribution in [0.15, 0.2) is 84.9 Å². The Labute approximate surface area is 180 Å². The number of hydrogen-bond donors (Lipinski definition) is 1. The van der Waals surface area contributed by atoms with Crippen molar-refractivity contribution < 1.29 is 4.74 Å². The van der Waals surface area contributed by atoms with Gasteiger partial charge >= 0.3 is 0 Å². The second-order valence-electron chi connectivity index (χ2n) is 7.89. The van der Waals surface area contributed by atoms with Crippen molar-refractivity contribution in [2.75, 3.05) is 13.2 Å². The molecular weight excluding hydrogens is 378 g/mol. The number of rotatable bonds is 7. The van der Waals surface area contributed by atoms with E-state index in [9.17, 15) is 0 Å². The lowest BCUT2D eigenvalue weighted by Crippen LogP contribution is -2.43. The summed E-state index contributed by atoms with van der Waals surface area (Å²) in [6.45, 7) is 4.73. The summed E-state index contributed by atoms with van der Waals surface area (Å²) in [5.41, 5.74) is 5.36. The third-order valence-electron chi connectivity index (χ3n) is 5.87. The smallest absolute Gasteiger partial charge is 0.0720 e. The summed E-state index contributed by atoms with van der Waals surface area (Å²) in [6.07, 6.45) is 2.07. The average Bonchev–Trinajstić information content (AvgIpc) is 2.75. The van der Waals surface area contributed by atoms with Gasteiger partial charge in [0.15, 0.2) is 0 Å². The number of hydrogen-bond acceptors (Lipinski definition) is 2. The van der Waals surface area contributed by atoms with Crippen molar-refractivity contribution in [2.45, 2.75) is 37.8 Å². The number of benzene rings is 3. The summed E-state index contributed by atoms with van der Waals surface area (Å²) >= 11 is 0. The Kier molecular flexibility index (Phi) is 7.49. The number of halogens is 1. The molecule has 1 aliphatic rings. The molecule has 0 aliphatic carbocycles. The van der Waals surface area contributed by atoms with Crippen molar-refractivity contribution in [2.24, 2.45) is 0 Å². The van der Waals surface area contributed by atoms with Gasteiger partial charge in [0.2, 0.25) is 0 Å². The van der Waals surface area contributed by atoms with Gasteiger partial charge in [-0.2, -0.15) is 0 Å². The van der Waals surface area contributed by atoms with E-state index in [0.29, 0.717) is 12.6 Å². The van der Waals surface area contributed by atoms with Gasteiger partial charge in [-0.1, -0.05) is 84.9 Å². The normalized spacial score (nSPS) is 19.1. The van der Waals surface area contributed by atoms with Crippen LogP contribution in [-0.2, 0) is 23.2 Å². The van der Waals surface area contributed by atoms with Crippen LogP contribution in [0.3, 0.4) is 0 Å². The number of ether oxygens (including phenoxy) is 1. The summed E-state index contributed by atoms with van der Waals surface area (Å²) in [5, 5.41) is 3.75. The highest BCUT2D eigenvalue weighted by molar-refractivity contribution is 5.85. The molecule has 0 saturated heterocycles. The van der Waals surface area contributed by atoms with E-state index >= 15 is 0 Å². The van der Waals surface area contributed by atoms with Crippen molar-refractivity contribution in [1.82, 2.24) is 5.32 Å². The highest BCUT2D eigenvalue weighted by atomic mass is 35.5. The van der Waals surface area contributed by atoms with Gasteiger partial charge in [0, 0.05) is 11.5 Å². The fraction of sp³-hybridized carbons (Fsp3) is 0.308. The lowest BCUT2D eigenvalue weighted by atomic mass is 9.68. The van der Waals surface area contributed by atoms with E-state index in [4.69, 9.17) is 4.74 Å². The molecule has 3 aromatic carbocycles. The van der Waals surface area contributed by atoms with Crippen LogP contribution in [0.5, 0.6) is 0 Å². The molecule has 0 saturated carbocycles. The van der Waals surface area contributed by atoms with Gasteiger partial charge in [-0.05, 0) is 48.6 Å². The van der Waals surface area contributed by atoms with Crippen molar-refractivity contribution in [3.8, 4) is 0 Å². The molecule has 3 heteroatoms. The van der Waals surface area contributed by atoms with E-state index in [0.717, 1.165) is 26.0 Å². The SMILES string of the molecule is CC(CC1(c2ccccc2)COCc2ccccc21)NCCc1ccccc1.Cl. The molecule has 0 amide bonds. The maximum atomic E-state index is 6.11. The zero-order chi connectivity index (χ0) is 19.2. The van der Waals surface area contributed by atoms with Gasteiger partial charge in [-0.25, -0.2) is 0 Å². The minimum Gasteiger partial charge on any atom is -0.375 e. The molecule has 0 spiro atoms. The van der Waals surface area contributed by atoms with Crippen LogP contribution in [-0.4, -0.2) is 19.2 Å². The minimum atomic E-state index is -0.102. The highest BCUT2D eigenvalue weighted by Gasteiger charge is 2.39. The topological polar surface area (TPSA) is 21.3 Å². The van der Waals surface area contributed by atoms with Crippen LogP contribution >= 0.6 is 12.4 Å². The molecule has 0 radical (unpaired) electrons. The maximum absolute atomic E-state index is 6.11. The Morgan fingerprint density at radius 3 is 2.31 bits per heavy atom. The van der Waals surface area contributed by atoms with E-state index in [-0.39, 0.29) is 17.8 Å². The molecule has 1 N–H and O–H groups in total. The first kappa shape index (κ1) is 21.6. The van der Waals surface area contributed by atoms with Crippen molar-refractivity contribution in [3.63, 3.8) is 0 Å². The summed E-state index contributed by atoms with van der Waals surface area (Å²) in [5.74, 6) is 0. The molecule has 0 bridgehead atoms. The Bertz CT molecular complexity index is 883. The summed E-state index contributed by atoms with van der Waals surface area (Å²) in [6, 6.07) is 30.7. The molecule has 1 aliphatic heterocycles.